The van der Waals surface area contributed by atoms with E-state index in [-0.39, 0.29) is 0 Å². The second-order valence-corrected chi connectivity index (χ2v) is 3.16. The summed E-state index contributed by atoms with van der Waals surface area (Å²) in [7, 11) is 0. The van der Waals surface area contributed by atoms with E-state index in [1.165, 1.54) is 0 Å². The third kappa shape index (κ3) is 1.92. The van der Waals surface area contributed by atoms with Crippen LogP contribution in [0.5, 0.6) is 0 Å². The molecule has 1 heterocycles. The Kier molecular flexibility index (Phi) is 2.86. The molecular weight excluding hydrogens is 227 g/mol. The number of pyridine rings is 1. The van der Waals surface area contributed by atoms with Gasteiger partial charge in [-0.3, -0.25) is 4.98 Å². The van der Waals surface area contributed by atoms with Crippen molar-refractivity contribution in [3.63, 3.8) is 0 Å². The van der Waals surface area contributed by atoms with E-state index in [4.69, 9.17) is 16.9 Å². The van der Waals surface area contributed by atoms with E-state index in [1.54, 1.807) is 12.4 Å². The maximum Gasteiger partial charge on any atom is 0.0670 e. The first-order chi connectivity index (χ1) is 5.25. The van der Waals surface area contributed by atoms with Crippen LogP contribution in [0.25, 0.3) is 0 Å². The van der Waals surface area contributed by atoms with Crippen LogP contribution in [0.3, 0.4) is 0 Å². The normalized spacial score (nSPS) is 9.18. The lowest BCUT2D eigenvalue weighted by Gasteiger charge is -1.98. The summed E-state index contributed by atoms with van der Waals surface area (Å²) in [5, 5.41) is 8.95. The second-order valence-electron chi connectivity index (χ2n) is 1.93. The zero-order valence-corrected chi connectivity index (χ0v) is 7.85. The topological polar surface area (TPSA) is 36.7 Å². The Morgan fingerprint density at radius 1 is 1.64 bits per heavy atom. The minimum Gasteiger partial charge on any atom is -0.263 e. The lowest BCUT2D eigenvalue weighted by Crippen LogP contribution is -1.85. The van der Waals surface area contributed by atoms with Crippen LogP contribution in [0.1, 0.15) is 5.56 Å². The van der Waals surface area contributed by atoms with E-state index in [9.17, 15) is 0 Å². The molecule has 2 nitrogen and oxygen atoms in total. The molecule has 0 fully saturated rings. The SMILES string of the molecule is N#CCc1cncc(Br)c1Cl. The summed E-state index contributed by atoms with van der Waals surface area (Å²) in [5.74, 6) is 0. The lowest BCUT2D eigenvalue weighted by atomic mass is 10.2. The largest absolute Gasteiger partial charge is 0.263 e. The predicted molar refractivity (Wildman–Crippen MR) is 46.3 cm³/mol. The highest BCUT2D eigenvalue weighted by molar-refractivity contribution is 9.10. The number of nitrogens with zero attached hydrogens (tertiary/aromatic N) is 2. The van der Waals surface area contributed by atoms with Gasteiger partial charge >= 0.3 is 0 Å². The molecule has 1 aromatic rings. The van der Waals surface area contributed by atoms with E-state index in [0.29, 0.717) is 11.4 Å². The summed E-state index contributed by atoms with van der Waals surface area (Å²) in [6.07, 6.45) is 3.49. The van der Waals surface area contributed by atoms with Crippen LogP contribution in [-0.2, 0) is 6.42 Å². The van der Waals surface area contributed by atoms with Crippen molar-refractivity contribution < 1.29 is 0 Å². The maximum absolute atomic E-state index is 8.38. The fourth-order valence-electron chi connectivity index (χ4n) is 0.668. The molecule has 0 aliphatic rings. The van der Waals surface area contributed by atoms with Gasteiger partial charge in [0.15, 0.2) is 0 Å². The lowest BCUT2D eigenvalue weighted by molar-refractivity contribution is 1.18. The van der Waals surface area contributed by atoms with Crippen LogP contribution in [0.4, 0.5) is 0 Å². The van der Waals surface area contributed by atoms with Crippen LogP contribution in [-0.4, -0.2) is 4.98 Å². The summed E-state index contributed by atoms with van der Waals surface area (Å²) in [5.41, 5.74) is 0.753. The van der Waals surface area contributed by atoms with Crippen LogP contribution in [0.2, 0.25) is 5.02 Å². The van der Waals surface area contributed by atoms with E-state index in [1.807, 2.05) is 6.07 Å². The number of nitriles is 1. The minimum absolute atomic E-state index is 0.297. The number of hydrogen-bond donors (Lipinski definition) is 0. The van der Waals surface area contributed by atoms with E-state index >= 15 is 0 Å². The molecule has 11 heavy (non-hydrogen) atoms. The Labute approximate surface area is 77.9 Å². The molecule has 0 saturated heterocycles. The van der Waals surface area contributed by atoms with Gasteiger partial charge in [-0.25, -0.2) is 0 Å². The smallest absolute Gasteiger partial charge is 0.0670 e. The molecule has 0 aliphatic carbocycles. The Hall–Kier alpha value is -0.590. The van der Waals surface area contributed by atoms with Crippen molar-refractivity contribution in [2.45, 2.75) is 6.42 Å². The summed E-state index contributed by atoms with van der Waals surface area (Å²) in [4.78, 5) is 3.88. The summed E-state index contributed by atoms with van der Waals surface area (Å²) >= 11 is 9.05. The van der Waals surface area contributed by atoms with Crippen molar-refractivity contribution in [2.75, 3.05) is 0 Å². The molecule has 1 aromatic heterocycles. The van der Waals surface area contributed by atoms with E-state index in [2.05, 4.69) is 20.9 Å². The Bertz CT molecular complexity index is 306. The second kappa shape index (κ2) is 3.70. The van der Waals surface area contributed by atoms with Crippen LogP contribution in [0.15, 0.2) is 16.9 Å². The third-order valence-electron chi connectivity index (χ3n) is 1.18. The monoisotopic (exact) mass is 230 g/mol. The molecule has 0 atom stereocenters. The van der Waals surface area contributed by atoms with Crippen molar-refractivity contribution in [3.8, 4) is 6.07 Å². The van der Waals surface area contributed by atoms with Gasteiger partial charge in [-0.2, -0.15) is 5.26 Å². The quantitative estimate of drug-likeness (QED) is 0.745. The van der Waals surface area contributed by atoms with Gasteiger partial charge in [0.2, 0.25) is 0 Å². The average Bonchev–Trinajstić information content (AvgIpc) is 1.99. The number of aromatic nitrogens is 1. The molecule has 0 amide bonds. The van der Waals surface area contributed by atoms with Crippen molar-refractivity contribution in [3.05, 3.63) is 27.5 Å². The summed E-state index contributed by atoms with van der Waals surface area (Å²) < 4.78 is 0.729. The molecule has 0 radical (unpaired) electrons. The van der Waals surface area contributed by atoms with Gasteiger partial charge in [0.25, 0.3) is 0 Å². The Morgan fingerprint density at radius 2 is 2.36 bits per heavy atom. The Balaban J connectivity index is 3.08. The molecule has 0 N–H and O–H groups in total. The number of halogens is 2. The van der Waals surface area contributed by atoms with E-state index in [0.717, 1.165) is 10.0 Å². The third-order valence-corrected chi connectivity index (χ3v) is 2.46. The molecule has 1 rings (SSSR count). The first-order valence-corrected chi connectivity index (χ1v) is 4.07. The highest BCUT2D eigenvalue weighted by atomic mass is 79.9. The molecule has 0 aliphatic heterocycles. The number of hydrogen-bond acceptors (Lipinski definition) is 2. The summed E-state index contributed by atoms with van der Waals surface area (Å²) in [6.45, 7) is 0. The molecule has 0 bridgehead atoms. The molecular formula is C7H4BrClN2. The molecule has 0 saturated carbocycles. The van der Waals surface area contributed by atoms with Crippen LogP contribution in [0, 0.1) is 11.3 Å². The van der Waals surface area contributed by atoms with Gasteiger partial charge in [0, 0.05) is 18.0 Å². The van der Waals surface area contributed by atoms with Crippen LogP contribution < -0.4 is 0 Å². The van der Waals surface area contributed by atoms with Gasteiger partial charge in [-0.1, -0.05) is 11.6 Å². The zero-order valence-electron chi connectivity index (χ0n) is 5.51. The predicted octanol–water partition coefficient (Wildman–Crippen LogP) is 2.56. The first kappa shape index (κ1) is 8.51. The molecule has 0 spiro atoms. The fraction of sp³-hybridized carbons (Fsp3) is 0.143. The van der Waals surface area contributed by atoms with Crippen molar-refractivity contribution in [2.24, 2.45) is 0 Å². The molecule has 4 heteroatoms. The van der Waals surface area contributed by atoms with Crippen molar-refractivity contribution in [1.29, 1.82) is 5.26 Å². The molecule has 56 valence electrons. The Morgan fingerprint density at radius 3 is 3.00 bits per heavy atom. The highest BCUT2D eigenvalue weighted by Gasteiger charge is 2.02. The molecule has 0 aromatic carbocycles. The summed E-state index contributed by atoms with van der Waals surface area (Å²) in [6, 6.07) is 2.01. The first-order valence-electron chi connectivity index (χ1n) is 2.90. The van der Waals surface area contributed by atoms with Gasteiger partial charge in [-0.15, -0.1) is 0 Å². The minimum atomic E-state index is 0.297. The van der Waals surface area contributed by atoms with Gasteiger partial charge in [-0.05, 0) is 15.9 Å². The van der Waals surface area contributed by atoms with Crippen molar-refractivity contribution in [1.82, 2.24) is 4.98 Å². The maximum atomic E-state index is 8.38. The van der Waals surface area contributed by atoms with Crippen LogP contribution >= 0.6 is 27.5 Å². The number of rotatable bonds is 1. The van der Waals surface area contributed by atoms with E-state index < -0.39 is 0 Å². The van der Waals surface area contributed by atoms with Gasteiger partial charge in [0.1, 0.15) is 0 Å². The molecule has 0 unspecified atom stereocenters. The van der Waals surface area contributed by atoms with Gasteiger partial charge in [0.05, 0.1) is 22.0 Å². The average molecular weight is 231 g/mol. The standard InChI is InChI=1S/C7H4BrClN2/c8-6-4-11-3-5(1-2-10)7(6)9/h3-4H,1H2. The fourth-order valence-corrected chi connectivity index (χ4v) is 1.21. The zero-order chi connectivity index (χ0) is 8.27. The van der Waals surface area contributed by atoms with Gasteiger partial charge < -0.3 is 0 Å². The van der Waals surface area contributed by atoms with Crippen molar-refractivity contribution >= 4 is 27.5 Å². The highest BCUT2D eigenvalue weighted by Crippen LogP contribution is 2.24.